The highest BCUT2D eigenvalue weighted by molar-refractivity contribution is 5.57. The standard InChI is InChI=1S/C19H19N3O/c1-14-11-16(19(13-20)21-2)12-18(23-14)10-7-15-5-8-17(9-6-15)22(3)4/h5-12,16,19H,1,3-4H3/b10-7+. The molecule has 23 heavy (non-hydrogen) atoms. The Morgan fingerprint density at radius 2 is 1.96 bits per heavy atom. The van der Waals surface area contributed by atoms with Gasteiger partial charge in [0, 0.05) is 19.8 Å². The van der Waals surface area contributed by atoms with E-state index in [9.17, 15) is 0 Å². The minimum atomic E-state index is -0.711. The maximum Gasteiger partial charge on any atom is 0.316 e. The lowest BCUT2D eigenvalue weighted by Gasteiger charge is -2.17. The quantitative estimate of drug-likeness (QED) is 0.789. The van der Waals surface area contributed by atoms with Crippen LogP contribution < -0.4 is 4.90 Å². The van der Waals surface area contributed by atoms with Crippen molar-refractivity contribution in [3.8, 4) is 6.07 Å². The smallest absolute Gasteiger partial charge is 0.316 e. The van der Waals surface area contributed by atoms with E-state index in [2.05, 4.69) is 17.0 Å². The molecule has 4 heteroatoms. The van der Waals surface area contributed by atoms with Crippen molar-refractivity contribution in [3.63, 3.8) is 0 Å². The zero-order chi connectivity index (χ0) is 16.8. The molecule has 0 amide bonds. The number of rotatable bonds is 4. The molecule has 1 aliphatic rings. The molecule has 1 heterocycles. The van der Waals surface area contributed by atoms with Gasteiger partial charge >= 0.3 is 6.04 Å². The van der Waals surface area contributed by atoms with Crippen molar-refractivity contribution in [2.45, 2.75) is 13.0 Å². The third-order valence-electron chi connectivity index (χ3n) is 3.55. The van der Waals surface area contributed by atoms with Crippen LogP contribution in [0.2, 0.25) is 0 Å². The number of allylic oxidation sites excluding steroid dienone is 2. The molecule has 0 aromatic heterocycles. The van der Waals surface area contributed by atoms with Gasteiger partial charge in [-0.1, -0.05) is 18.2 Å². The molecule has 4 nitrogen and oxygen atoms in total. The largest absolute Gasteiger partial charge is 0.463 e. The summed E-state index contributed by atoms with van der Waals surface area (Å²) in [7, 11) is 4.01. The molecule has 1 aliphatic heterocycles. The van der Waals surface area contributed by atoms with E-state index in [4.69, 9.17) is 16.6 Å². The molecule has 0 aliphatic carbocycles. The Morgan fingerprint density at radius 3 is 2.52 bits per heavy atom. The molecule has 0 radical (unpaired) electrons. The molecule has 0 saturated heterocycles. The van der Waals surface area contributed by atoms with E-state index in [1.807, 2.05) is 68.4 Å². The van der Waals surface area contributed by atoms with E-state index >= 15 is 0 Å². The molecule has 1 aromatic rings. The number of anilines is 1. The van der Waals surface area contributed by atoms with Crippen LogP contribution in [-0.2, 0) is 4.74 Å². The van der Waals surface area contributed by atoms with Crippen LogP contribution in [-0.4, -0.2) is 20.1 Å². The Hall–Kier alpha value is -2.98. The lowest BCUT2D eigenvalue weighted by Crippen LogP contribution is -2.15. The second-order valence-electron chi connectivity index (χ2n) is 5.55. The third kappa shape index (κ3) is 4.25. The summed E-state index contributed by atoms with van der Waals surface area (Å²) in [6.07, 6.45) is 7.46. The predicted molar refractivity (Wildman–Crippen MR) is 92.2 cm³/mol. The maximum atomic E-state index is 9.04. The average Bonchev–Trinajstić information content (AvgIpc) is 2.54. The van der Waals surface area contributed by atoms with Crippen LogP contribution in [0.5, 0.6) is 0 Å². The lowest BCUT2D eigenvalue weighted by molar-refractivity contribution is 0.304. The van der Waals surface area contributed by atoms with Gasteiger partial charge in [0.25, 0.3) is 0 Å². The van der Waals surface area contributed by atoms with Gasteiger partial charge in [-0.05, 0) is 42.8 Å². The Morgan fingerprint density at radius 1 is 1.26 bits per heavy atom. The molecule has 0 fully saturated rings. The summed E-state index contributed by atoms with van der Waals surface area (Å²) < 4.78 is 5.65. The van der Waals surface area contributed by atoms with E-state index in [0.717, 1.165) is 11.3 Å². The first-order valence-electron chi connectivity index (χ1n) is 7.33. The first-order chi connectivity index (χ1) is 11.0. The normalized spacial score (nSPS) is 18.2. The van der Waals surface area contributed by atoms with E-state index in [1.54, 1.807) is 0 Å². The number of ether oxygens (including phenoxy) is 1. The first kappa shape index (κ1) is 16.4. The Kier molecular flexibility index (Phi) is 5.23. The van der Waals surface area contributed by atoms with Gasteiger partial charge in [-0.15, -0.1) is 0 Å². The molecule has 0 saturated carbocycles. The van der Waals surface area contributed by atoms with Crippen LogP contribution in [0, 0.1) is 23.8 Å². The number of hydrogen-bond acceptors (Lipinski definition) is 3. The Balaban J connectivity index is 2.15. The van der Waals surface area contributed by atoms with E-state index in [0.29, 0.717) is 11.5 Å². The fraction of sp³-hybridized carbons (Fsp3) is 0.263. The highest BCUT2D eigenvalue weighted by Crippen LogP contribution is 2.24. The zero-order valence-corrected chi connectivity index (χ0v) is 13.5. The Bertz CT molecular complexity index is 713. The number of benzene rings is 1. The summed E-state index contributed by atoms with van der Waals surface area (Å²) in [5, 5.41) is 9.04. The summed E-state index contributed by atoms with van der Waals surface area (Å²) in [6.45, 7) is 8.93. The van der Waals surface area contributed by atoms with Gasteiger partial charge < -0.3 is 9.64 Å². The SMILES string of the molecule is [C-]#[N+]C(C#N)C1C=C(C)OC(/C=C/c2ccc(N(C)C)cc2)=C1. The van der Waals surface area contributed by atoms with Crippen molar-refractivity contribution < 1.29 is 4.74 Å². The van der Waals surface area contributed by atoms with Crippen LogP contribution in [0.4, 0.5) is 5.69 Å². The fourth-order valence-electron chi connectivity index (χ4n) is 2.30. The minimum Gasteiger partial charge on any atom is -0.463 e. The second kappa shape index (κ2) is 7.33. The van der Waals surface area contributed by atoms with Crippen molar-refractivity contribution in [1.82, 2.24) is 0 Å². The maximum absolute atomic E-state index is 9.04. The van der Waals surface area contributed by atoms with E-state index in [1.165, 1.54) is 0 Å². The molecular formula is C19H19N3O. The molecule has 116 valence electrons. The number of nitrogens with zero attached hydrogens (tertiary/aromatic N) is 3. The Labute approximate surface area is 137 Å². The van der Waals surface area contributed by atoms with Gasteiger partial charge in [-0.25, -0.2) is 6.57 Å². The average molecular weight is 305 g/mol. The van der Waals surface area contributed by atoms with Crippen molar-refractivity contribution >= 4 is 11.8 Å². The predicted octanol–water partition coefficient (Wildman–Crippen LogP) is 4.01. The van der Waals surface area contributed by atoms with Crippen LogP contribution in [0.3, 0.4) is 0 Å². The van der Waals surface area contributed by atoms with Gasteiger partial charge in [0.05, 0.1) is 11.7 Å². The highest BCUT2D eigenvalue weighted by Gasteiger charge is 2.25. The zero-order valence-electron chi connectivity index (χ0n) is 13.5. The summed E-state index contributed by atoms with van der Waals surface area (Å²) >= 11 is 0. The van der Waals surface area contributed by atoms with Gasteiger partial charge in [-0.2, -0.15) is 5.26 Å². The highest BCUT2D eigenvalue weighted by atomic mass is 16.5. The van der Waals surface area contributed by atoms with Crippen LogP contribution in [0.1, 0.15) is 12.5 Å². The molecule has 0 bridgehead atoms. The first-order valence-corrected chi connectivity index (χ1v) is 7.33. The van der Waals surface area contributed by atoms with Gasteiger partial charge in [0.15, 0.2) is 6.07 Å². The fourth-order valence-corrected chi connectivity index (χ4v) is 2.30. The monoisotopic (exact) mass is 305 g/mol. The van der Waals surface area contributed by atoms with Crippen molar-refractivity contribution in [1.29, 1.82) is 5.26 Å². The van der Waals surface area contributed by atoms with Crippen LogP contribution in [0.15, 0.2) is 54.0 Å². The minimum absolute atomic E-state index is 0.234. The van der Waals surface area contributed by atoms with E-state index < -0.39 is 6.04 Å². The topological polar surface area (TPSA) is 40.6 Å². The summed E-state index contributed by atoms with van der Waals surface area (Å²) in [5.74, 6) is 1.14. The molecule has 2 rings (SSSR count). The molecule has 2 atom stereocenters. The molecular weight excluding hydrogens is 286 g/mol. The molecule has 1 aromatic carbocycles. The van der Waals surface area contributed by atoms with Crippen molar-refractivity contribution in [2.24, 2.45) is 5.92 Å². The van der Waals surface area contributed by atoms with Crippen molar-refractivity contribution in [3.05, 3.63) is 71.0 Å². The molecule has 0 spiro atoms. The van der Waals surface area contributed by atoms with E-state index in [-0.39, 0.29) is 5.92 Å². The molecule has 2 unspecified atom stereocenters. The van der Waals surface area contributed by atoms with Crippen molar-refractivity contribution in [2.75, 3.05) is 19.0 Å². The van der Waals surface area contributed by atoms with Gasteiger partial charge in [0.2, 0.25) is 0 Å². The summed E-state index contributed by atoms with van der Waals surface area (Å²) in [4.78, 5) is 5.41. The third-order valence-corrected chi connectivity index (χ3v) is 3.55. The summed E-state index contributed by atoms with van der Waals surface area (Å²) in [5.41, 5.74) is 2.20. The van der Waals surface area contributed by atoms with Crippen LogP contribution in [0.25, 0.3) is 10.9 Å². The van der Waals surface area contributed by atoms with Crippen LogP contribution >= 0.6 is 0 Å². The second-order valence-corrected chi connectivity index (χ2v) is 5.55. The number of hydrogen-bond donors (Lipinski definition) is 0. The summed E-state index contributed by atoms with van der Waals surface area (Å²) in [6, 6.07) is 9.48. The van der Waals surface area contributed by atoms with Gasteiger partial charge in [-0.3, -0.25) is 4.85 Å². The number of nitriles is 1. The molecule has 0 N–H and O–H groups in total. The van der Waals surface area contributed by atoms with Gasteiger partial charge in [0.1, 0.15) is 5.76 Å². The lowest BCUT2D eigenvalue weighted by atomic mass is 9.97.